The molecule has 0 aromatic carbocycles. The maximum Gasteiger partial charge on any atom is 0.184 e. The highest BCUT2D eigenvalue weighted by atomic mass is 16.7. The maximum atomic E-state index is 10.1. The van der Waals surface area contributed by atoms with Crippen LogP contribution < -0.4 is 0 Å². The summed E-state index contributed by atoms with van der Waals surface area (Å²) in [6.07, 6.45) is 34.6. The third-order valence-electron chi connectivity index (χ3n) is 8.77. The highest BCUT2D eigenvalue weighted by Crippen LogP contribution is 2.23. The van der Waals surface area contributed by atoms with Gasteiger partial charge in [0.15, 0.2) is 6.29 Å². The van der Waals surface area contributed by atoms with Gasteiger partial charge in [0.1, 0.15) is 6.10 Å². The van der Waals surface area contributed by atoms with Gasteiger partial charge in [-0.1, -0.05) is 167 Å². The van der Waals surface area contributed by atoms with Gasteiger partial charge in [0.05, 0.1) is 18.3 Å². The summed E-state index contributed by atoms with van der Waals surface area (Å²) in [5.74, 6) is 0. The van der Waals surface area contributed by atoms with Crippen LogP contribution in [0.25, 0.3) is 0 Å². The maximum absolute atomic E-state index is 10.1. The number of aliphatic hydroxyl groups excluding tert-OH is 2. The number of hydrogen-bond donors (Lipinski definition) is 2. The van der Waals surface area contributed by atoms with Gasteiger partial charge in [-0.15, -0.1) is 0 Å². The zero-order valence-electron chi connectivity index (χ0n) is 26.7. The van der Waals surface area contributed by atoms with E-state index in [0.717, 1.165) is 6.42 Å². The van der Waals surface area contributed by atoms with Gasteiger partial charge in [-0.2, -0.15) is 0 Å². The molecule has 0 aliphatic carbocycles. The van der Waals surface area contributed by atoms with E-state index in [0.29, 0.717) is 6.42 Å². The molecule has 4 nitrogen and oxygen atoms in total. The van der Waals surface area contributed by atoms with Crippen LogP contribution in [0.4, 0.5) is 0 Å². The first-order valence-electron chi connectivity index (χ1n) is 17.7. The predicted molar refractivity (Wildman–Crippen MR) is 167 cm³/mol. The first-order valence-corrected chi connectivity index (χ1v) is 17.7. The molecular weight excluding hydrogens is 484 g/mol. The van der Waals surface area contributed by atoms with Crippen molar-refractivity contribution < 1.29 is 19.7 Å². The minimum Gasteiger partial charge on any atom is -0.390 e. The lowest BCUT2D eigenvalue weighted by Gasteiger charge is -2.36. The molecule has 1 aliphatic rings. The Morgan fingerprint density at radius 1 is 0.564 bits per heavy atom. The molecule has 0 aromatic heterocycles. The molecule has 1 unspecified atom stereocenters. The lowest BCUT2D eigenvalue weighted by molar-refractivity contribution is -0.273. The first kappa shape index (κ1) is 36.9. The van der Waals surface area contributed by atoms with Crippen LogP contribution in [-0.2, 0) is 9.47 Å². The van der Waals surface area contributed by atoms with E-state index in [1.165, 1.54) is 161 Å². The summed E-state index contributed by atoms with van der Waals surface area (Å²) in [4.78, 5) is 0. The molecule has 1 saturated heterocycles. The van der Waals surface area contributed by atoms with E-state index in [4.69, 9.17) is 9.47 Å². The molecule has 0 saturated carbocycles. The van der Waals surface area contributed by atoms with E-state index in [1.807, 2.05) is 6.92 Å². The van der Waals surface area contributed by atoms with Crippen LogP contribution in [0.1, 0.15) is 194 Å². The summed E-state index contributed by atoms with van der Waals surface area (Å²) in [6.45, 7) is 6.19. The van der Waals surface area contributed by atoms with Gasteiger partial charge >= 0.3 is 0 Å². The van der Waals surface area contributed by atoms with E-state index in [1.54, 1.807) is 0 Å². The second-order valence-electron chi connectivity index (χ2n) is 12.8. The number of rotatable bonds is 28. The Balaban J connectivity index is 1.72. The predicted octanol–water partition coefficient (Wildman–Crippen LogP) is 10.4. The second-order valence-corrected chi connectivity index (χ2v) is 12.8. The van der Waals surface area contributed by atoms with E-state index >= 15 is 0 Å². The summed E-state index contributed by atoms with van der Waals surface area (Å²) in [7, 11) is 0. The third kappa shape index (κ3) is 22.2. The van der Waals surface area contributed by atoms with Crippen LogP contribution >= 0.6 is 0 Å². The summed E-state index contributed by atoms with van der Waals surface area (Å²) in [5, 5.41) is 19.8. The molecule has 1 fully saturated rings. The zero-order chi connectivity index (χ0) is 28.4. The van der Waals surface area contributed by atoms with Crippen molar-refractivity contribution >= 4 is 0 Å². The van der Waals surface area contributed by atoms with Crippen molar-refractivity contribution in [2.45, 2.75) is 225 Å². The smallest absolute Gasteiger partial charge is 0.184 e. The fourth-order valence-electron chi connectivity index (χ4n) is 5.93. The quantitative estimate of drug-likeness (QED) is 0.0944. The molecule has 0 spiro atoms. The lowest BCUT2D eigenvalue weighted by atomic mass is 10.0. The topological polar surface area (TPSA) is 58.9 Å². The monoisotopic (exact) mass is 555 g/mol. The summed E-state index contributed by atoms with van der Waals surface area (Å²) in [6, 6.07) is 0. The van der Waals surface area contributed by atoms with Crippen LogP contribution in [-0.4, -0.2) is 40.9 Å². The Bertz CT molecular complexity index is 499. The van der Waals surface area contributed by atoms with Gasteiger partial charge in [-0.05, 0) is 20.3 Å². The zero-order valence-corrected chi connectivity index (χ0v) is 26.7. The SMILES string of the molecule is CCCCCCCCCCCCCCCCCCCCCCCCCCCC(C)O[C@@H]1O[C@@H](C)[C@H](O)C[C@H]1O. The largest absolute Gasteiger partial charge is 0.390 e. The fraction of sp³-hybridized carbons (Fsp3) is 1.00. The standard InChI is InChI=1S/C35H70O4/c1-4-5-6-7-8-9-10-11-12-13-14-15-16-17-18-19-20-21-22-23-24-25-26-27-28-29-31(2)38-35-34(37)30-33(36)32(3)39-35/h31-37H,4-30H2,1-3H3/t31?,32-,33+,34+,35+/m0/s1. The number of aliphatic hydroxyl groups is 2. The molecule has 1 aliphatic heterocycles. The van der Waals surface area contributed by atoms with E-state index in [9.17, 15) is 10.2 Å². The molecule has 2 N–H and O–H groups in total. The van der Waals surface area contributed by atoms with Crippen LogP contribution in [0, 0.1) is 0 Å². The van der Waals surface area contributed by atoms with Gasteiger partial charge in [-0.3, -0.25) is 0 Å². The van der Waals surface area contributed by atoms with Gasteiger partial charge in [0.25, 0.3) is 0 Å². The molecule has 234 valence electrons. The van der Waals surface area contributed by atoms with Crippen molar-refractivity contribution in [3.8, 4) is 0 Å². The average molecular weight is 555 g/mol. The van der Waals surface area contributed by atoms with Gasteiger partial charge in [0, 0.05) is 6.42 Å². The molecular formula is C35H70O4. The van der Waals surface area contributed by atoms with Crippen molar-refractivity contribution in [1.82, 2.24) is 0 Å². The summed E-state index contributed by atoms with van der Waals surface area (Å²) < 4.78 is 11.5. The highest BCUT2D eigenvalue weighted by molar-refractivity contribution is 4.78. The van der Waals surface area contributed by atoms with E-state index in [2.05, 4.69) is 13.8 Å². The van der Waals surface area contributed by atoms with Gasteiger partial charge in [0.2, 0.25) is 0 Å². The Morgan fingerprint density at radius 3 is 1.26 bits per heavy atom. The van der Waals surface area contributed by atoms with Crippen molar-refractivity contribution in [3.05, 3.63) is 0 Å². The number of unbranched alkanes of at least 4 members (excludes halogenated alkanes) is 24. The van der Waals surface area contributed by atoms with Crippen LogP contribution in [0.3, 0.4) is 0 Å². The minimum absolute atomic E-state index is 0.0802. The molecule has 0 bridgehead atoms. The average Bonchev–Trinajstić information content (AvgIpc) is 2.91. The van der Waals surface area contributed by atoms with Crippen LogP contribution in [0.15, 0.2) is 0 Å². The molecule has 1 heterocycles. The van der Waals surface area contributed by atoms with Crippen LogP contribution in [0.5, 0.6) is 0 Å². The highest BCUT2D eigenvalue weighted by Gasteiger charge is 2.35. The van der Waals surface area contributed by atoms with Crippen molar-refractivity contribution in [3.63, 3.8) is 0 Å². The van der Waals surface area contributed by atoms with Crippen LogP contribution in [0.2, 0.25) is 0 Å². The summed E-state index contributed by atoms with van der Waals surface area (Å²) >= 11 is 0. The number of ether oxygens (including phenoxy) is 2. The third-order valence-corrected chi connectivity index (χ3v) is 8.77. The Morgan fingerprint density at radius 2 is 0.897 bits per heavy atom. The van der Waals surface area contributed by atoms with Crippen molar-refractivity contribution in [2.75, 3.05) is 0 Å². The Hall–Kier alpha value is -0.160. The van der Waals surface area contributed by atoms with E-state index in [-0.39, 0.29) is 12.2 Å². The molecule has 0 radical (unpaired) electrons. The first-order chi connectivity index (χ1) is 19.0. The molecule has 39 heavy (non-hydrogen) atoms. The minimum atomic E-state index is -0.734. The van der Waals surface area contributed by atoms with Crippen molar-refractivity contribution in [1.29, 1.82) is 0 Å². The normalized spacial score (nSPS) is 22.4. The molecule has 0 amide bonds. The number of hydrogen-bond acceptors (Lipinski definition) is 4. The lowest BCUT2D eigenvalue weighted by Crippen LogP contribution is -2.48. The molecule has 4 heteroatoms. The Labute approximate surface area is 244 Å². The molecule has 5 atom stereocenters. The fourth-order valence-corrected chi connectivity index (χ4v) is 5.93. The second kappa shape index (κ2) is 26.7. The van der Waals surface area contributed by atoms with Gasteiger partial charge in [-0.25, -0.2) is 0 Å². The summed E-state index contributed by atoms with van der Waals surface area (Å²) in [5.41, 5.74) is 0. The van der Waals surface area contributed by atoms with Crippen molar-refractivity contribution in [2.24, 2.45) is 0 Å². The van der Waals surface area contributed by atoms with Gasteiger partial charge < -0.3 is 19.7 Å². The van der Waals surface area contributed by atoms with E-state index < -0.39 is 18.5 Å². The molecule has 0 aromatic rings. The molecule has 1 rings (SSSR count). The Kier molecular flexibility index (Phi) is 25.3.